The normalized spacial score (nSPS) is 39.6. The van der Waals surface area contributed by atoms with Crippen LogP contribution in [0.1, 0.15) is 59.3 Å². The second-order valence-electron chi connectivity index (χ2n) is 9.16. The van der Waals surface area contributed by atoms with Crippen LogP contribution in [0.2, 0.25) is 0 Å². The minimum absolute atomic E-state index is 0.160. The first-order valence-electron chi connectivity index (χ1n) is 10.8. The minimum Gasteiger partial charge on any atom is -0.449 e. The Labute approximate surface area is 166 Å². The van der Waals surface area contributed by atoms with Gasteiger partial charge in [-0.2, -0.15) is 0 Å². The molecule has 0 aromatic rings. The molecule has 2 spiro atoms. The van der Waals surface area contributed by atoms with Gasteiger partial charge in [0.1, 0.15) is 11.2 Å². The predicted molar refractivity (Wildman–Crippen MR) is 105 cm³/mol. The molecular weight excluding hydrogens is 352 g/mol. The van der Waals surface area contributed by atoms with Gasteiger partial charge in [0, 0.05) is 5.92 Å². The van der Waals surface area contributed by atoms with E-state index >= 15 is 0 Å². The maximum atomic E-state index is 13.0. The fraction of sp³-hybridized carbons (Fsp3) is 0.583. The molecule has 6 rings (SSSR count). The van der Waals surface area contributed by atoms with Gasteiger partial charge in [-0.1, -0.05) is 45.4 Å². The number of rotatable bonds is 3. The van der Waals surface area contributed by atoms with E-state index in [1.54, 1.807) is 0 Å². The molecule has 0 N–H and O–H groups in total. The molecule has 0 aromatic heterocycles. The van der Waals surface area contributed by atoms with Gasteiger partial charge in [-0.05, 0) is 55.6 Å². The third kappa shape index (κ3) is 1.92. The topological polar surface area (TPSA) is 52.6 Å². The van der Waals surface area contributed by atoms with Crippen molar-refractivity contribution in [2.75, 3.05) is 0 Å². The molecule has 1 saturated carbocycles. The lowest BCUT2D eigenvalue weighted by Gasteiger charge is -2.60. The van der Waals surface area contributed by atoms with Gasteiger partial charge < -0.3 is 9.47 Å². The van der Waals surface area contributed by atoms with Gasteiger partial charge in [0.15, 0.2) is 5.60 Å². The van der Waals surface area contributed by atoms with E-state index in [-0.39, 0.29) is 23.8 Å². The summed E-state index contributed by atoms with van der Waals surface area (Å²) in [5.41, 5.74) is 1.12. The van der Waals surface area contributed by atoms with Crippen molar-refractivity contribution >= 4 is 11.9 Å². The molecule has 148 valence electrons. The molecular formula is C24H28O4. The van der Waals surface area contributed by atoms with E-state index in [4.69, 9.17) is 9.47 Å². The molecule has 0 amide bonds. The Balaban J connectivity index is 1.83. The molecule has 4 heteroatoms. The zero-order valence-corrected chi connectivity index (χ0v) is 16.9. The first-order chi connectivity index (χ1) is 13.5. The lowest BCUT2D eigenvalue weighted by molar-refractivity contribution is -0.180. The molecule has 28 heavy (non-hydrogen) atoms. The molecule has 4 atom stereocenters. The van der Waals surface area contributed by atoms with Gasteiger partial charge in [0.2, 0.25) is 0 Å². The van der Waals surface area contributed by atoms with E-state index in [1.807, 2.05) is 6.08 Å². The lowest BCUT2D eigenvalue weighted by atomic mass is 9.44. The fourth-order valence-electron chi connectivity index (χ4n) is 6.71. The van der Waals surface area contributed by atoms with Crippen molar-refractivity contribution in [2.24, 2.45) is 23.2 Å². The van der Waals surface area contributed by atoms with Gasteiger partial charge in [-0.25, -0.2) is 9.59 Å². The van der Waals surface area contributed by atoms with E-state index in [0.29, 0.717) is 11.5 Å². The zero-order chi connectivity index (χ0) is 19.7. The highest BCUT2D eigenvalue weighted by atomic mass is 16.6. The summed E-state index contributed by atoms with van der Waals surface area (Å²) in [6.07, 6.45) is 13.6. The molecule has 4 aliphatic carbocycles. The van der Waals surface area contributed by atoms with Gasteiger partial charge in [-0.15, -0.1) is 0 Å². The molecule has 0 unspecified atom stereocenters. The summed E-state index contributed by atoms with van der Waals surface area (Å²) in [5.74, 6) is 0.976. The van der Waals surface area contributed by atoms with E-state index in [1.165, 1.54) is 0 Å². The highest BCUT2D eigenvalue weighted by molar-refractivity contribution is 6.00. The number of allylic oxidation sites excluding steroid dienone is 3. The molecule has 2 bridgehead atoms. The Morgan fingerprint density at radius 1 is 1.29 bits per heavy atom. The van der Waals surface area contributed by atoms with Gasteiger partial charge in [0.05, 0.1) is 11.1 Å². The summed E-state index contributed by atoms with van der Waals surface area (Å²) in [6.45, 7) is 6.56. The summed E-state index contributed by atoms with van der Waals surface area (Å²) in [7, 11) is 0. The van der Waals surface area contributed by atoms with E-state index in [9.17, 15) is 9.59 Å². The molecule has 4 nitrogen and oxygen atoms in total. The average Bonchev–Trinajstić information content (AvgIpc) is 3.14. The van der Waals surface area contributed by atoms with Crippen LogP contribution < -0.4 is 0 Å². The number of unbranched alkanes of at least 4 members (excludes halogenated alkanes) is 1. The SMILES string of the molecule is CCC/C=C1/OC(=O)C2=C[C@H]3CC[C@]21[C@]1(OC(=O)C2=C1CCC=C2)[C@@H]3C(C)C. The average molecular weight is 380 g/mol. The van der Waals surface area contributed by atoms with Crippen molar-refractivity contribution in [1.82, 2.24) is 0 Å². The molecule has 1 saturated heterocycles. The third-order valence-corrected chi connectivity index (χ3v) is 7.53. The predicted octanol–water partition coefficient (Wildman–Crippen LogP) is 4.78. The summed E-state index contributed by atoms with van der Waals surface area (Å²) in [4.78, 5) is 25.9. The summed E-state index contributed by atoms with van der Waals surface area (Å²) in [5, 5.41) is 0. The summed E-state index contributed by atoms with van der Waals surface area (Å²) < 4.78 is 12.3. The van der Waals surface area contributed by atoms with E-state index in [0.717, 1.165) is 55.4 Å². The largest absolute Gasteiger partial charge is 0.449 e. The highest BCUT2D eigenvalue weighted by Crippen LogP contribution is 2.71. The number of cyclic esters (lactones) is 1. The van der Waals surface area contributed by atoms with Crippen LogP contribution in [0.4, 0.5) is 0 Å². The molecule has 0 aromatic carbocycles. The smallest absolute Gasteiger partial charge is 0.340 e. The van der Waals surface area contributed by atoms with E-state index in [2.05, 4.69) is 39.0 Å². The minimum atomic E-state index is -0.781. The maximum Gasteiger partial charge on any atom is 0.340 e. The van der Waals surface area contributed by atoms with Crippen molar-refractivity contribution in [1.29, 1.82) is 0 Å². The quantitative estimate of drug-likeness (QED) is 0.661. The van der Waals surface area contributed by atoms with Crippen LogP contribution in [0.15, 0.2) is 46.8 Å². The Morgan fingerprint density at radius 3 is 2.86 bits per heavy atom. The van der Waals surface area contributed by atoms with Crippen LogP contribution in [-0.2, 0) is 19.1 Å². The second kappa shape index (κ2) is 5.95. The Bertz CT molecular complexity index is 886. The maximum absolute atomic E-state index is 13.0. The van der Waals surface area contributed by atoms with Gasteiger partial charge in [-0.3, -0.25) is 0 Å². The fourth-order valence-corrected chi connectivity index (χ4v) is 6.71. The third-order valence-electron chi connectivity index (χ3n) is 7.53. The number of carbonyl (C=O) groups is 2. The number of fused-ring (bicyclic) bond motifs is 1. The number of carbonyl (C=O) groups excluding carboxylic acids is 2. The van der Waals surface area contributed by atoms with Gasteiger partial charge in [0.25, 0.3) is 0 Å². The first-order valence-corrected chi connectivity index (χ1v) is 10.8. The molecule has 6 aliphatic rings. The second-order valence-corrected chi connectivity index (χ2v) is 9.16. The number of hydrogen-bond acceptors (Lipinski definition) is 4. The van der Waals surface area contributed by atoms with Crippen LogP contribution in [0.25, 0.3) is 0 Å². The summed E-state index contributed by atoms with van der Waals surface area (Å²) >= 11 is 0. The molecule has 2 heterocycles. The van der Waals surface area contributed by atoms with E-state index < -0.39 is 11.0 Å². The van der Waals surface area contributed by atoms with Crippen LogP contribution >= 0.6 is 0 Å². The standard InChI is InChI=1S/C24H28O4/c1-4-5-10-19-23-12-11-15(13-18(23)22(26)27-19)20(14(2)3)24(23)17-9-7-6-8-16(17)21(25)28-24/h6,8,10,13-15,20H,4-5,7,9,11-12H2,1-3H3/b19-10+/t15-,20-,23+,24-/m1/s1. The van der Waals surface area contributed by atoms with Crippen LogP contribution in [0.5, 0.6) is 0 Å². The van der Waals surface area contributed by atoms with Crippen molar-refractivity contribution in [3.8, 4) is 0 Å². The van der Waals surface area contributed by atoms with Crippen LogP contribution in [0.3, 0.4) is 0 Å². The Morgan fingerprint density at radius 2 is 2.11 bits per heavy atom. The highest BCUT2D eigenvalue weighted by Gasteiger charge is 2.76. The van der Waals surface area contributed by atoms with Crippen molar-refractivity contribution < 1.29 is 19.1 Å². The Hall–Kier alpha value is -2.10. The van der Waals surface area contributed by atoms with Crippen molar-refractivity contribution in [3.63, 3.8) is 0 Å². The Kier molecular flexibility index (Phi) is 3.82. The zero-order valence-electron chi connectivity index (χ0n) is 16.9. The number of esters is 2. The molecule has 2 fully saturated rings. The van der Waals surface area contributed by atoms with Crippen LogP contribution in [-0.4, -0.2) is 17.5 Å². The summed E-state index contributed by atoms with van der Waals surface area (Å²) in [6, 6.07) is 0. The number of ether oxygens (including phenoxy) is 2. The van der Waals surface area contributed by atoms with Crippen LogP contribution in [0, 0.1) is 23.2 Å². The van der Waals surface area contributed by atoms with Gasteiger partial charge >= 0.3 is 11.9 Å². The van der Waals surface area contributed by atoms with Crippen molar-refractivity contribution in [2.45, 2.75) is 64.9 Å². The first kappa shape index (κ1) is 18.0. The van der Waals surface area contributed by atoms with Crippen molar-refractivity contribution in [3.05, 3.63) is 46.8 Å². The monoisotopic (exact) mass is 380 g/mol. The molecule has 0 radical (unpaired) electrons. The lowest BCUT2D eigenvalue weighted by Crippen LogP contribution is -2.64. The number of hydrogen-bond donors (Lipinski definition) is 0. The molecule has 2 aliphatic heterocycles.